The molecule has 8 nitrogen and oxygen atoms in total. The maximum absolute atomic E-state index is 13.8. The summed E-state index contributed by atoms with van der Waals surface area (Å²) in [5, 5.41) is 9.24. The van der Waals surface area contributed by atoms with Crippen molar-refractivity contribution >= 4 is 23.0 Å². The molecule has 2 atom stereocenters. The minimum atomic E-state index is -1.32. The van der Waals surface area contributed by atoms with E-state index in [4.69, 9.17) is 14.9 Å². The van der Waals surface area contributed by atoms with Crippen LogP contribution in [0.5, 0.6) is 5.75 Å². The number of rotatable bonds is 5. The van der Waals surface area contributed by atoms with Gasteiger partial charge in [0.2, 0.25) is 11.8 Å². The Hall–Kier alpha value is -3.49. The van der Waals surface area contributed by atoms with Crippen LogP contribution < -0.4 is 10.5 Å². The van der Waals surface area contributed by atoms with Crippen LogP contribution in [0, 0.1) is 0 Å². The van der Waals surface area contributed by atoms with Crippen molar-refractivity contribution in [2.24, 2.45) is 5.73 Å². The molecule has 0 saturated heterocycles. The number of aromatic carboxylic acids is 1. The lowest BCUT2D eigenvalue weighted by atomic mass is 9.95. The van der Waals surface area contributed by atoms with E-state index in [-0.39, 0.29) is 23.8 Å². The molecule has 1 saturated carbocycles. The first kappa shape index (κ1) is 17.0. The number of carboxylic acids is 1. The highest BCUT2D eigenvalue weighted by Gasteiger charge is 2.61. The standard InChI is InChI=1S/C18H14FN3O5/c1-26-14-9(4-5-21-13(14)16(23)24)15-22-10-6-8(2-3-11(10)27-15)18(17(20)25)7-12(18)19/h2-6,12H,7H2,1H3,(H2,20,25)(H,23,24)/t12-,18+/m0/s1. The molecule has 2 heterocycles. The SMILES string of the molecule is COc1c(-c2nc3cc([C@]4(C(N)=O)C[C@@H]4F)ccc3o2)ccnc1C(=O)O. The summed E-state index contributed by atoms with van der Waals surface area (Å²) in [5.74, 6) is -1.85. The monoisotopic (exact) mass is 371 g/mol. The van der Waals surface area contributed by atoms with E-state index in [1.54, 1.807) is 18.2 Å². The molecule has 4 rings (SSSR count). The highest BCUT2D eigenvalue weighted by Crippen LogP contribution is 2.51. The Labute approximate surface area is 151 Å². The van der Waals surface area contributed by atoms with Gasteiger partial charge in [0.15, 0.2) is 17.0 Å². The zero-order chi connectivity index (χ0) is 19.3. The van der Waals surface area contributed by atoms with Crippen molar-refractivity contribution in [2.45, 2.75) is 18.0 Å². The van der Waals surface area contributed by atoms with E-state index >= 15 is 0 Å². The van der Waals surface area contributed by atoms with E-state index < -0.39 is 23.5 Å². The fraction of sp³-hybridized carbons (Fsp3) is 0.222. The van der Waals surface area contributed by atoms with Gasteiger partial charge in [0.05, 0.1) is 12.7 Å². The molecule has 0 radical (unpaired) electrons. The number of halogens is 1. The van der Waals surface area contributed by atoms with Crippen LogP contribution in [0.2, 0.25) is 0 Å². The van der Waals surface area contributed by atoms with Gasteiger partial charge in [-0.15, -0.1) is 0 Å². The normalized spacial score (nSPS) is 21.2. The topological polar surface area (TPSA) is 129 Å². The number of methoxy groups -OCH3 is 1. The summed E-state index contributed by atoms with van der Waals surface area (Å²) in [7, 11) is 1.32. The molecule has 0 spiro atoms. The van der Waals surface area contributed by atoms with E-state index in [9.17, 15) is 19.1 Å². The van der Waals surface area contributed by atoms with Gasteiger partial charge in [0, 0.05) is 12.6 Å². The minimum Gasteiger partial charge on any atom is -0.493 e. The number of oxazole rings is 1. The molecule has 1 aliphatic rings. The summed E-state index contributed by atoms with van der Waals surface area (Å²) in [6.07, 6.45) is 0.0255. The van der Waals surface area contributed by atoms with E-state index in [2.05, 4.69) is 9.97 Å². The first-order valence-electron chi connectivity index (χ1n) is 8.00. The van der Waals surface area contributed by atoms with Gasteiger partial charge in [-0.05, 0) is 23.8 Å². The molecule has 1 aliphatic carbocycles. The Morgan fingerprint density at radius 1 is 1.41 bits per heavy atom. The number of hydrogen-bond donors (Lipinski definition) is 2. The summed E-state index contributed by atoms with van der Waals surface area (Å²) in [6.45, 7) is 0. The van der Waals surface area contributed by atoms with Gasteiger partial charge in [0.25, 0.3) is 0 Å². The molecule has 3 aromatic rings. The summed E-state index contributed by atoms with van der Waals surface area (Å²) in [4.78, 5) is 31.1. The lowest BCUT2D eigenvalue weighted by Gasteiger charge is -2.10. The quantitative estimate of drug-likeness (QED) is 0.702. The van der Waals surface area contributed by atoms with E-state index in [0.29, 0.717) is 22.2 Å². The average Bonchev–Trinajstić information content (AvgIpc) is 3.16. The Bertz CT molecular complexity index is 1100. The molecule has 1 aromatic carbocycles. The second-order valence-corrected chi connectivity index (χ2v) is 6.25. The second kappa shape index (κ2) is 5.76. The van der Waals surface area contributed by atoms with Crippen LogP contribution in [0.3, 0.4) is 0 Å². The summed E-state index contributed by atoms with van der Waals surface area (Å²) in [5.41, 5.74) is 5.30. The molecule has 1 amide bonds. The molecule has 2 aromatic heterocycles. The van der Waals surface area contributed by atoms with E-state index in [0.717, 1.165) is 0 Å². The number of benzene rings is 1. The van der Waals surface area contributed by atoms with Crippen molar-refractivity contribution in [3.63, 3.8) is 0 Å². The largest absolute Gasteiger partial charge is 0.493 e. The number of carboxylic acid groups (broad SMARTS) is 1. The zero-order valence-electron chi connectivity index (χ0n) is 14.1. The van der Waals surface area contributed by atoms with Crippen molar-refractivity contribution in [2.75, 3.05) is 7.11 Å². The number of alkyl halides is 1. The number of nitrogens with two attached hydrogens (primary N) is 1. The molecule has 0 unspecified atom stereocenters. The van der Waals surface area contributed by atoms with Gasteiger partial charge in [-0.25, -0.2) is 19.2 Å². The first-order valence-corrected chi connectivity index (χ1v) is 8.00. The highest BCUT2D eigenvalue weighted by atomic mass is 19.1. The number of carbonyl (C=O) groups is 2. The zero-order valence-corrected chi connectivity index (χ0v) is 14.1. The smallest absolute Gasteiger partial charge is 0.358 e. The van der Waals surface area contributed by atoms with Crippen molar-refractivity contribution in [1.82, 2.24) is 9.97 Å². The van der Waals surface area contributed by atoms with Gasteiger partial charge < -0.3 is 20.0 Å². The molecule has 1 fully saturated rings. The predicted molar refractivity (Wildman–Crippen MR) is 91.1 cm³/mol. The van der Waals surface area contributed by atoms with Gasteiger partial charge in [-0.1, -0.05) is 6.07 Å². The van der Waals surface area contributed by atoms with Gasteiger partial charge >= 0.3 is 5.97 Å². The van der Waals surface area contributed by atoms with Gasteiger partial charge in [0.1, 0.15) is 17.1 Å². The maximum atomic E-state index is 13.8. The third-order valence-electron chi connectivity index (χ3n) is 4.76. The van der Waals surface area contributed by atoms with Crippen LogP contribution in [-0.2, 0) is 10.2 Å². The number of amides is 1. The van der Waals surface area contributed by atoms with Crippen molar-refractivity contribution in [3.05, 3.63) is 41.7 Å². The number of aromatic nitrogens is 2. The summed E-state index contributed by atoms with van der Waals surface area (Å²) < 4.78 is 24.7. The fourth-order valence-electron chi connectivity index (χ4n) is 3.22. The molecule has 9 heteroatoms. The van der Waals surface area contributed by atoms with E-state index in [1.807, 2.05) is 0 Å². The van der Waals surface area contributed by atoms with Crippen LogP contribution in [0.15, 0.2) is 34.9 Å². The van der Waals surface area contributed by atoms with Crippen molar-refractivity contribution < 1.29 is 28.2 Å². The highest BCUT2D eigenvalue weighted by molar-refractivity contribution is 5.93. The molecular weight excluding hydrogens is 357 g/mol. The van der Waals surface area contributed by atoms with Gasteiger partial charge in [-0.2, -0.15) is 0 Å². The van der Waals surface area contributed by atoms with Crippen LogP contribution in [0.1, 0.15) is 22.5 Å². The maximum Gasteiger partial charge on any atom is 0.358 e. The predicted octanol–water partition coefficient (Wildman–Crippen LogP) is 2.06. The van der Waals surface area contributed by atoms with E-state index in [1.165, 1.54) is 19.4 Å². The first-order chi connectivity index (χ1) is 12.9. The average molecular weight is 371 g/mol. The molecular formula is C18H14FN3O5. The van der Waals surface area contributed by atoms with Crippen LogP contribution >= 0.6 is 0 Å². The fourth-order valence-corrected chi connectivity index (χ4v) is 3.22. The Morgan fingerprint density at radius 2 is 2.15 bits per heavy atom. The number of carbonyl (C=O) groups excluding carboxylic acids is 1. The third-order valence-corrected chi connectivity index (χ3v) is 4.76. The molecule has 27 heavy (non-hydrogen) atoms. The lowest BCUT2D eigenvalue weighted by Crippen LogP contribution is -2.30. The third kappa shape index (κ3) is 2.42. The molecule has 138 valence electrons. The minimum absolute atomic E-state index is 0.0106. The Kier molecular flexibility index (Phi) is 3.62. The number of ether oxygens (including phenoxy) is 1. The lowest BCUT2D eigenvalue weighted by molar-refractivity contribution is -0.120. The molecule has 0 aliphatic heterocycles. The Morgan fingerprint density at radius 3 is 2.74 bits per heavy atom. The molecule has 0 bridgehead atoms. The van der Waals surface area contributed by atoms with Gasteiger partial charge in [-0.3, -0.25) is 4.79 Å². The number of primary amides is 1. The van der Waals surface area contributed by atoms with Crippen LogP contribution in [-0.4, -0.2) is 40.2 Å². The number of fused-ring (bicyclic) bond motifs is 1. The summed E-state index contributed by atoms with van der Waals surface area (Å²) >= 11 is 0. The second-order valence-electron chi connectivity index (χ2n) is 6.25. The number of hydrogen-bond acceptors (Lipinski definition) is 6. The van der Waals surface area contributed by atoms with Crippen molar-refractivity contribution in [1.29, 1.82) is 0 Å². The summed E-state index contributed by atoms with van der Waals surface area (Å²) in [6, 6.07) is 6.22. The van der Waals surface area contributed by atoms with Crippen LogP contribution in [0.25, 0.3) is 22.6 Å². The number of pyridine rings is 1. The molecule has 3 N–H and O–H groups in total. The van der Waals surface area contributed by atoms with Crippen LogP contribution in [0.4, 0.5) is 4.39 Å². The Balaban J connectivity index is 1.83. The number of nitrogens with zero attached hydrogens (tertiary/aromatic N) is 2. The van der Waals surface area contributed by atoms with Crippen molar-refractivity contribution in [3.8, 4) is 17.2 Å².